The van der Waals surface area contributed by atoms with E-state index in [0.29, 0.717) is 11.9 Å². The van der Waals surface area contributed by atoms with Gasteiger partial charge in [-0.25, -0.2) is 4.98 Å². The molecule has 0 spiro atoms. The Morgan fingerprint density at radius 2 is 2.31 bits per heavy atom. The SMILES string of the molecule is COc1cc(N2CCNCC2C)nc(C)n1. The van der Waals surface area contributed by atoms with Crippen LogP contribution in [-0.2, 0) is 0 Å². The molecule has 88 valence electrons. The number of piperazine rings is 1. The second kappa shape index (κ2) is 4.65. The third-order valence-electron chi connectivity index (χ3n) is 2.81. The van der Waals surface area contributed by atoms with Crippen molar-refractivity contribution < 1.29 is 4.74 Å². The summed E-state index contributed by atoms with van der Waals surface area (Å²) in [6.07, 6.45) is 0. The van der Waals surface area contributed by atoms with Gasteiger partial charge in [0.25, 0.3) is 0 Å². The van der Waals surface area contributed by atoms with Crippen LogP contribution in [0.1, 0.15) is 12.7 Å². The molecule has 2 heterocycles. The van der Waals surface area contributed by atoms with Crippen molar-refractivity contribution in [3.8, 4) is 5.88 Å². The van der Waals surface area contributed by atoms with Crippen LogP contribution in [0.4, 0.5) is 5.82 Å². The number of anilines is 1. The molecule has 1 aliphatic heterocycles. The maximum atomic E-state index is 5.17. The van der Waals surface area contributed by atoms with E-state index in [1.165, 1.54) is 0 Å². The van der Waals surface area contributed by atoms with Gasteiger partial charge in [-0.2, -0.15) is 4.98 Å². The summed E-state index contributed by atoms with van der Waals surface area (Å²) in [5.41, 5.74) is 0. The highest BCUT2D eigenvalue weighted by atomic mass is 16.5. The van der Waals surface area contributed by atoms with Crippen LogP contribution in [0.15, 0.2) is 6.07 Å². The first-order valence-corrected chi connectivity index (χ1v) is 5.57. The number of nitrogens with zero attached hydrogens (tertiary/aromatic N) is 3. The Morgan fingerprint density at radius 1 is 1.50 bits per heavy atom. The van der Waals surface area contributed by atoms with E-state index < -0.39 is 0 Å². The van der Waals surface area contributed by atoms with Gasteiger partial charge in [0.05, 0.1) is 7.11 Å². The molecule has 0 aliphatic carbocycles. The van der Waals surface area contributed by atoms with E-state index >= 15 is 0 Å². The van der Waals surface area contributed by atoms with Crippen molar-refractivity contribution in [3.63, 3.8) is 0 Å². The first kappa shape index (κ1) is 11.1. The summed E-state index contributed by atoms with van der Waals surface area (Å²) in [6.45, 7) is 7.04. The van der Waals surface area contributed by atoms with Crippen molar-refractivity contribution in [2.75, 3.05) is 31.6 Å². The molecular weight excluding hydrogens is 204 g/mol. The number of methoxy groups -OCH3 is 1. The zero-order valence-corrected chi connectivity index (χ0v) is 10.0. The van der Waals surface area contributed by atoms with Crippen LogP contribution in [0.2, 0.25) is 0 Å². The zero-order valence-electron chi connectivity index (χ0n) is 10.0. The molecule has 16 heavy (non-hydrogen) atoms. The van der Waals surface area contributed by atoms with Gasteiger partial charge < -0.3 is 15.0 Å². The quantitative estimate of drug-likeness (QED) is 0.793. The summed E-state index contributed by atoms with van der Waals surface area (Å²) in [5.74, 6) is 2.34. The first-order valence-electron chi connectivity index (χ1n) is 5.57. The first-order chi connectivity index (χ1) is 7.70. The average molecular weight is 222 g/mol. The lowest BCUT2D eigenvalue weighted by Gasteiger charge is -2.35. The molecule has 0 bridgehead atoms. The third-order valence-corrected chi connectivity index (χ3v) is 2.81. The van der Waals surface area contributed by atoms with Gasteiger partial charge in [0, 0.05) is 31.7 Å². The number of rotatable bonds is 2. The molecule has 1 N–H and O–H groups in total. The second-order valence-electron chi connectivity index (χ2n) is 4.06. The number of ether oxygens (including phenoxy) is 1. The Morgan fingerprint density at radius 3 is 3.00 bits per heavy atom. The highest BCUT2D eigenvalue weighted by molar-refractivity contribution is 5.43. The molecule has 1 aromatic rings. The van der Waals surface area contributed by atoms with Crippen molar-refractivity contribution >= 4 is 5.82 Å². The highest BCUT2D eigenvalue weighted by Crippen LogP contribution is 2.19. The van der Waals surface area contributed by atoms with E-state index in [4.69, 9.17) is 4.74 Å². The van der Waals surface area contributed by atoms with Crippen LogP contribution in [0.25, 0.3) is 0 Å². The molecule has 2 rings (SSSR count). The molecule has 0 radical (unpaired) electrons. The van der Waals surface area contributed by atoms with Gasteiger partial charge in [-0.15, -0.1) is 0 Å². The van der Waals surface area contributed by atoms with E-state index in [-0.39, 0.29) is 0 Å². The van der Waals surface area contributed by atoms with E-state index in [1.807, 2.05) is 13.0 Å². The van der Waals surface area contributed by atoms with Gasteiger partial charge in [-0.3, -0.25) is 0 Å². The van der Waals surface area contributed by atoms with E-state index in [9.17, 15) is 0 Å². The topological polar surface area (TPSA) is 50.3 Å². The fourth-order valence-electron chi connectivity index (χ4n) is 1.96. The lowest BCUT2D eigenvalue weighted by Crippen LogP contribution is -2.50. The van der Waals surface area contributed by atoms with Crippen molar-refractivity contribution in [1.29, 1.82) is 0 Å². The monoisotopic (exact) mass is 222 g/mol. The van der Waals surface area contributed by atoms with E-state index in [2.05, 4.69) is 27.1 Å². The molecule has 1 aromatic heterocycles. The van der Waals surface area contributed by atoms with Crippen LogP contribution in [-0.4, -0.2) is 42.8 Å². The van der Waals surface area contributed by atoms with Crippen molar-refractivity contribution in [3.05, 3.63) is 11.9 Å². The molecular formula is C11H18N4O. The van der Waals surface area contributed by atoms with Crippen molar-refractivity contribution in [2.45, 2.75) is 19.9 Å². The Kier molecular flexibility index (Phi) is 3.24. The van der Waals surface area contributed by atoms with Crippen LogP contribution in [0.5, 0.6) is 5.88 Å². The van der Waals surface area contributed by atoms with Gasteiger partial charge in [-0.1, -0.05) is 0 Å². The minimum Gasteiger partial charge on any atom is -0.481 e. The van der Waals surface area contributed by atoms with Crippen LogP contribution < -0.4 is 15.0 Å². The molecule has 5 heteroatoms. The summed E-state index contributed by atoms with van der Waals surface area (Å²) < 4.78 is 5.17. The maximum Gasteiger partial charge on any atom is 0.218 e. The predicted octanol–water partition coefficient (Wildman–Crippen LogP) is 0.592. The number of nitrogens with one attached hydrogen (secondary N) is 1. The van der Waals surface area contributed by atoms with Crippen molar-refractivity contribution in [2.24, 2.45) is 0 Å². The fourth-order valence-corrected chi connectivity index (χ4v) is 1.96. The van der Waals surface area contributed by atoms with Gasteiger partial charge >= 0.3 is 0 Å². The molecule has 1 aliphatic rings. The minimum atomic E-state index is 0.452. The molecule has 0 aromatic carbocycles. The number of aromatic nitrogens is 2. The normalized spacial score (nSPS) is 20.9. The Balaban J connectivity index is 2.27. The molecule has 1 saturated heterocycles. The summed E-state index contributed by atoms with van der Waals surface area (Å²) in [7, 11) is 1.63. The fraction of sp³-hybridized carbons (Fsp3) is 0.636. The summed E-state index contributed by atoms with van der Waals surface area (Å²) in [4.78, 5) is 10.9. The van der Waals surface area contributed by atoms with Crippen LogP contribution in [0, 0.1) is 6.92 Å². The van der Waals surface area contributed by atoms with E-state index in [0.717, 1.165) is 31.3 Å². The average Bonchev–Trinajstić information content (AvgIpc) is 2.28. The Bertz CT molecular complexity index is 369. The van der Waals surface area contributed by atoms with Crippen LogP contribution in [0.3, 0.4) is 0 Å². The molecule has 1 fully saturated rings. The standard InChI is InChI=1S/C11H18N4O/c1-8-7-12-4-5-15(8)10-6-11(16-3)14-9(2)13-10/h6,8,12H,4-5,7H2,1-3H3. The lowest BCUT2D eigenvalue weighted by atomic mass is 10.2. The summed E-state index contributed by atoms with van der Waals surface area (Å²) in [5, 5.41) is 3.36. The summed E-state index contributed by atoms with van der Waals surface area (Å²) >= 11 is 0. The van der Waals surface area contributed by atoms with Gasteiger partial charge in [0.1, 0.15) is 11.6 Å². The molecule has 0 saturated carbocycles. The molecule has 1 unspecified atom stereocenters. The van der Waals surface area contributed by atoms with Gasteiger partial charge in [-0.05, 0) is 13.8 Å². The highest BCUT2D eigenvalue weighted by Gasteiger charge is 2.20. The Labute approximate surface area is 95.8 Å². The van der Waals surface area contributed by atoms with Gasteiger partial charge in [0.15, 0.2) is 0 Å². The number of hydrogen-bond donors (Lipinski definition) is 1. The van der Waals surface area contributed by atoms with Crippen LogP contribution >= 0.6 is 0 Å². The molecule has 0 amide bonds. The number of aryl methyl sites for hydroxylation is 1. The second-order valence-corrected chi connectivity index (χ2v) is 4.06. The molecule has 5 nitrogen and oxygen atoms in total. The smallest absolute Gasteiger partial charge is 0.218 e. The van der Waals surface area contributed by atoms with Crippen molar-refractivity contribution in [1.82, 2.24) is 15.3 Å². The minimum absolute atomic E-state index is 0.452. The third kappa shape index (κ3) is 2.24. The zero-order chi connectivity index (χ0) is 11.5. The predicted molar refractivity (Wildman–Crippen MR) is 63.0 cm³/mol. The summed E-state index contributed by atoms with van der Waals surface area (Å²) in [6, 6.07) is 2.35. The largest absolute Gasteiger partial charge is 0.481 e. The number of hydrogen-bond acceptors (Lipinski definition) is 5. The molecule has 1 atom stereocenters. The maximum absolute atomic E-state index is 5.17. The Hall–Kier alpha value is -1.36. The van der Waals surface area contributed by atoms with Gasteiger partial charge in [0.2, 0.25) is 5.88 Å². The lowest BCUT2D eigenvalue weighted by molar-refractivity contribution is 0.394. The van der Waals surface area contributed by atoms with E-state index in [1.54, 1.807) is 7.11 Å².